The van der Waals surface area contributed by atoms with Crippen LogP contribution in [-0.4, -0.2) is 11.6 Å². The zero-order valence-corrected chi connectivity index (χ0v) is 11.0. The van der Waals surface area contributed by atoms with Gasteiger partial charge in [-0.05, 0) is 18.6 Å². The fourth-order valence-corrected chi connectivity index (χ4v) is 1.86. The molecule has 0 fully saturated rings. The summed E-state index contributed by atoms with van der Waals surface area (Å²) < 4.78 is 5.59. The summed E-state index contributed by atoms with van der Waals surface area (Å²) >= 11 is 0. The van der Waals surface area contributed by atoms with Crippen molar-refractivity contribution < 1.29 is 4.74 Å². The maximum Gasteiger partial charge on any atom is 0.137 e. The molecule has 0 unspecified atom stereocenters. The molecule has 0 radical (unpaired) electrons. The van der Waals surface area contributed by atoms with Crippen LogP contribution in [0.2, 0.25) is 0 Å². The van der Waals surface area contributed by atoms with Gasteiger partial charge in [0.2, 0.25) is 0 Å². The van der Waals surface area contributed by atoms with Crippen LogP contribution in [0.5, 0.6) is 5.75 Å². The van der Waals surface area contributed by atoms with Gasteiger partial charge in [0, 0.05) is 6.20 Å². The van der Waals surface area contributed by atoms with Gasteiger partial charge in [-0.25, -0.2) is 0 Å². The van der Waals surface area contributed by atoms with Crippen molar-refractivity contribution in [2.24, 2.45) is 0 Å². The van der Waals surface area contributed by atoms with Crippen LogP contribution in [0.15, 0.2) is 24.5 Å². The Balaban J connectivity index is 1.85. The molecule has 2 heteroatoms. The van der Waals surface area contributed by atoms with Crippen LogP contribution < -0.4 is 4.74 Å². The number of unbranched alkanes of at least 4 members (excludes halogenated alkanes) is 7. The van der Waals surface area contributed by atoms with E-state index in [1.165, 1.54) is 44.9 Å². The Labute approximate surface area is 105 Å². The lowest BCUT2D eigenvalue weighted by Crippen LogP contribution is -1.97. The molecule has 0 amide bonds. The van der Waals surface area contributed by atoms with Crippen molar-refractivity contribution in [2.75, 3.05) is 6.61 Å². The van der Waals surface area contributed by atoms with Crippen LogP contribution >= 0.6 is 0 Å². The Bertz CT molecular complexity index is 261. The molecule has 0 aromatic carbocycles. The summed E-state index contributed by atoms with van der Waals surface area (Å²) in [5, 5.41) is 0. The first-order valence-electron chi connectivity index (χ1n) is 6.96. The van der Waals surface area contributed by atoms with Gasteiger partial charge in [-0.1, -0.05) is 51.9 Å². The minimum absolute atomic E-state index is 0.820. The van der Waals surface area contributed by atoms with Gasteiger partial charge in [0.05, 0.1) is 12.8 Å². The quantitative estimate of drug-likeness (QED) is 0.553. The second-order valence-corrected chi connectivity index (χ2v) is 4.51. The summed E-state index contributed by atoms with van der Waals surface area (Å²) in [5.74, 6) is 0.885. The molecule has 0 saturated heterocycles. The largest absolute Gasteiger partial charge is 0.492 e. The maximum absolute atomic E-state index is 5.59. The van der Waals surface area contributed by atoms with E-state index in [0.717, 1.165) is 18.8 Å². The Morgan fingerprint density at radius 2 is 1.71 bits per heavy atom. The van der Waals surface area contributed by atoms with E-state index in [4.69, 9.17) is 4.74 Å². The van der Waals surface area contributed by atoms with E-state index in [1.54, 1.807) is 12.4 Å². The van der Waals surface area contributed by atoms with Gasteiger partial charge in [0.1, 0.15) is 5.75 Å². The minimum Gasteiger partial charge on any atom is -0.492 e. The van der Waals surface area contributed by atoms with Gasteiger partial charge in [0.25, 0.3) is 0 Å². The highest BCUT2D eigenvalue weighted by Crippen LogP contribution is 2.10. The highest BCUT2D eigenvalue weighted by Gasteiger charge is 1.93. The fraction of sp³-hybridized carbons (Fsp3) is 0.667. The summed E-state index contributed by atoms with van der Waals surface area (Å²) in [6, 6.07) is 3.86. The minimum atomic E-state index is 0.820. The summed E-state index contributed by atoms with van der Waals surface area (Å²) in [5.41, 5.74) is 0. The Morgan fingerprint density at radius 1 is 1.00 bits per heavy atom. The predicted molar refractivity (Wildman–Crippen MR) is 72.3 cm³/mol. The molecule has 2 nitrogen and oxygen atoms in total. The Hall–Kier alpha value is -1.05. The number of ether oxygens (including phenoxy) is 1. The van der Waals surface area contributed by atoms with Crippen molar-refractivity contribution in [1.82, 2.24) is 4.98 Å². The summed E-state index contributed by atoms with van der Waals surface area (Å²) in [6.45, 7) is 3.08. The zero-order chi connectivity index (χ0) is 12.2. The zero-order valence-electron chi connectivity index (χ0n) is 11.0. The molecule has 0 atom stereocenters. The topological polar surface area (TPSA) is 22.1 Å². The SMILES string of the molecule is CCCCCCCCCCOc1cccnc1. The third-order valence-electron chi connectivity index (χ3n) is 2.90. The van der Waals surface area contributed by atoms with Crippen LogP contribution in [0.3, 0.4) is 0 Å². The van der Waals surface area contributed by atoms with E-state index in [-0.39, 0.29) is 0 Å². The summed E-state index contributed by atoms with van der Waals surface area (Å²) in [6.07, 6.45) is 14.2. The highest BCUT2D eigenvalue weighted by molar-refractivity contribution is 5.15. The van der Waals surface area contributed by atoms with Crippen molar-refractivity contribution in [3.8, 4) is 5.75 Å². The smallest absolute Gasteiger partial charge is 0.137 e. The summed E-state index contributed by atoms with van der Waals surface area (Å²) in [7, 11) is 0. The van der Waals surface area contributed by atoms with E-state index in [2.05, 4.69) is 11.9 Å². The molecule has 0 N–H and O–H groups in total. The van der Waals surface area contributed by atoms with Gasteiger partial charge < -0.3 is 4.74 Å². The lowest BCUT2D eigenvalue weighted by Gasteiger charge is -2.05. The second-order valence-electron chi connectivity index (χ2n) is 4.51. The van der Waals surface area contributed by atoms with Crippen LogP contribution in [0.4, 0.5) is 0 Å². The van der Waals surface area contributed by atoms with Gasteiger partial charge in [-0.2, -0.15) is 0 Å². The van der Waals surface area contributed by atoms with E-state index in [1.807, 2.05) is 12.1 Å². The van der Waals surface area contributed by atoms with E-state index in [0.29, 0.717) is 0 Å². The fourth-order valence-electron chi connectivity index (χ4n) is 1.86. The number of aromatic nitrogens is 1. The standard InChI is InChI=1S/C15H25NO/c1-2-3-4-5-6-7-8-9-13-17-15-11-10-12-16-14-15/h10-12,14H,2-9,13H2,1H3. The first-order chi connectivity index (χ1) is 8.43. The van der Waals surface area contributed by atoms with Gasteiger partial charge >= 0.3 is 0 Å². The van der Waals surface area contributed by atoms with Crippen LogP contribution in [0.25, 0.3) is 0 Å². The lowest BCUT2D eigenvalue weighted by atomic mass is 10.1. The molecule has 1 rings (SSSR count). The van der Waals surface area contributed by atoms with E-state index < -0.39 is 0 Å². The molecular weight excluding hydrogens is 210 g/mol. The first-order valence-corrected chi connectivity index (χ1v) is 6.96. The molecule has 1 heterocycles. The molecule has 0 aliphatic heterocycles. The molecule has 0 spiro atoms. The molecule has 0 aliphatic rings. The van der Waals surface area contributed by atoms with Gasteiger partial charge in [0.15, 0.2) is 0 Å². The van der Waals surface area contributed by atoms with Crippen molar-refractivity contribution in [1.29, 1.82) is 0 Å². The average Bonchev–Trinajstić information content (AvgIpc) is 2.38. The molecule has 0 saturated carbocycles. The van der Waals surface area contributed by atoms with Crippen molar-refractivity contribution in [3.05, 3.63) is 24.5 Å². The van der Waals surface area contributed by atoms with Gasteiger partial charge in [-0.15, -0.1) is 0 Å². The van der Waals surface area contributed by atoms with E-state index in [9.17, 15) is 0 Å². The lowest BCUT2D eigenvalue weighted by molar-refractivity contribution is 0.303. The molecule has 1 aromatic heterocycles. The average molecular weight is 235 g/mol. The van der Waals surface area contributed by atoms with Crippen molar-refractivity contribution >= 4 is 0 Å². The Morgan fingerprint density at radius 3 is 2.35 bits per heavy atom. The van der Waals surface area contributed by atoms with E-state index >= 15 is 0 Å². The van der Waals surface area contributed by atoms with Gasteiger partial charge in [-0.3, -0.25) is 4.98 Å². The number of pyridine rings is 1. The number of nitrogens with zero attached hydrogens (tertiary/aromatic N) is 1. The van der Waals surface area contributed by atoms with Crippen molar-refractivity contribution in [2.45, 2.75) is 58.3 Å². The molecular formula is C15H25NO. The Kier molecular flexibility index (Phi) is 8.35. The number of hydrogen-bond acceptors (Lipinski definition) is 2. The molecule has 17 heavy (non-hydrogen) atoms. The number of rotatable bonds is 10. The molecule has 0 bridgehead atoms. The molecule has 96 valence electrons. The second kappa shape index (κ2) is 10.1. The van der Waals surface area contributed by atoms with Crippen molar-refractivity contribution in [3.63, 3.8) is 0 Å². The number of hydrogen-bond donors (Lipinski definition) is 0. The third kappa shape index (κ3) is 7.78. The van der Waals surface area contributed by atoms with Crippen LogP contribution in [-0.2, 0) is 0 Å². The normalized spacial score (nSPS) is 10.4. The van der Waals surface area contributed by atoms with Crippen LogP contribution in [0, 0.1) is 0 Å². The van der Waals surface area contributed by atoms with Crippen LogP contribution in [0.1, 0.15) is 58.3 Å². The summed E-state index contributed by atoms with van der Waals surface area (Å²) in [4.78, 5) is 4.02. The molecule has 0 aliphatic carbocycles. The monoisotopic (exact) mass is 235 g/mol. The first kappa shape index (κ1) is 14.0. The third-order valence-corrected chi connectivity index (χ3v) is 2.90. The molecule has 1 aromatic rings. The maximum atomic E-state index is 5.59. The predicted octanol–water partition coefficient (Wildman–Crippen LogP) is 4.60. The highest BCUT2D eigenvalue weighted by atomic mass is 16.5.